The second-order valence-corrected chi connectivity index (χ2v) is 3.60. The van der Waals surface area contributed by atoms with Gasteiger partial charge in [0.2, 0.25) is 0 Å². The summed E-state index contributed by atoms with van der Waals surface area (Å²) in [5, 5.41) is 12.5. The lowest BCUT2D eigenvalue weighted by Crippen LogP contribution is -1.97. The van der Waals surface area contributed by atoms with E-state index in [4.69, 9.17) is 11.0 Å². The number of halogens is 1. The Labute approximate surface area is 98.1 Å². The standard InChI is InChI=1S/C12H11FN4/c13-12-5-9(6-15)1-2-11(12)10-7-16-17(8-10)4-3-14/h1-2,5,7-8H,4,6,15H2. The summed E-state index contributed by atoms with van der Waals surface area (Å²) in [4.78, 5) is 0. The van der Waals surface area contributed by atoms with Crippen LogP contribution in [0.5, 0.6) is 0 Å². The molecule has 1 heterocycles. The fraction of sp³-hybridized carbons (Fsp3) is 0.167. The second kappa shape index (κ2) is 4.76. The lowest BCUT2D eigenvalue weighted by molar-refractivity contribution is 0.629. The Balaban J connectivity index is 2.36. The molecule has 2 rings (SSSR count). The lowest BCUT2D eigenvalue weighted by atomic mass is 10.1. The van der Waals surface area contributed by atoms with Crippen molar-refractivity contribution in [3.8, 4) is 17.2 Å². The second-order valence-electron chi connectivity index (χ2n) is 3.60. The van der Waals surface area contributed by atoms with Crippen molar-refractivity contribution < 1.29 is 4.39 Å². The van der Waals surface area contributed by atoms with Crippen LogP contribution in [0.2, 0.25) is 0 Å². The normalized spacial score (nSPS) is 10.2. The number of benzene rings is 1. The monoisotopic (exact) mass is 230 g/mol. The minimum atomic E-state index is -0.329. The van der Waals surface area contributed by atoms with E-state index in [0.717, 1.165) is 5.56 Å². The van der Waals surface area contributed by atoms with Crippen LogP contribution in [0, 0.1) is 17.1 Å². The molecule has 1 aromatic heterocycles. The topological polar surface area (TPSA) is 67.6 Å². The summed E-state index contributed by atoms with van der Waals surface area (Å²) >= 11 is 0. The van der Waals surface area contributed by atoms with Crippen LogP contribution in [0.4, 0.5) is 4.39 Å². The lowest BCUT2D eigenvalue weighted by Gasteiger charge is -2.02. The van der Waals surface area contributed by atoms with Gasteiger partial charge in [0.05, 0.1) is 12.3 Å². The van der Waals surface area contributed by atoms with Gasteiger partial charge in [-0.25, -0.2) is 4.39 Å². The van der Waals surface area contributed by atoms with E-state index in [9.17, 15) is 4.39 Å². The maximum atomic E-state index is 13.8. The molecule has 17 heavy (non-hydrogen) atoms. The molecule has 4 nitrogen and oxygen atoms in total. The SMILES string of the molecule is N#CCn1cc(-c2ccc(CN)cc2F)cn1. The molecule has 0 saturated heterocycles. The van der Waals surface area contributed by atoms with Gasteiger partial charge in [-0.15, -0.1) is 0 Å². The highest BCUT2D eigenvalue weighted by Crippen LogP contribution is 2.22. The first-order valence-corrected chi connectivity index (χ1v) is 5.13. The number of nitriles is 1. The summed E-state index contributed by atoms with van der Waals surface area (Å²) < 4.78 is 15.2. The number of hydrogen-bond donors (Lipinski definition) is 1. The highest BCUT2D eigenvalue weighted by atomic mass is 19.1. The molecule has 0 radical (unpaired) electrons. The number of aromatic nitrogens is 2. The Kier molecular flexibility index (Phi) is 3.17. The van der Waals surface area contributed by atoms with Crippen molar-refractivity contribution in [1.29, 1.82) is 5.26 Å². The highest BCUT2D eigenvalue weighted by molar-refractivity contribution is 5.62. The van der Waals surface area contributed by atoms with Crippen LogP contribution in [0.15, 0.2) is 30.6 Å². The molecular weight excluding hydrogens is 219 g/mol. The van der Waals surface area contributed by atoms with Gasteiger partial charge in [0, 0.05) is 23.9 Å². The van der Waals surface area contributed by atoms with Crippen LogP contribution >= 0.6 is 0 Å². The average Bonchev–Trinajstić information content (AvgIpc) is 2.78. The molecule has 0 bridgehead atoms. The summed E-state index contributed by atoms with van der Waals surface area (Å²) in [5.41, 5.74) is 7.30. The number of nitrogens with two attached hydrogens (primary N) is 1. The molecule has 0 amide bonds. The molecule has 5 heteroatoms. The summed E-state index contributed by atoms with van der Waals surface area (Å²) in [5.74, 6) is -0.329. The molecule has 0 aliphatic rings. The summed E-state index contributed by atoms with van der Waals surface area (Å²) in [6.45, 7) is 0.466. The van der Waals surface area contributed by atoms with Crippen molar-refractivity contribution in [2.45, 2.75) is 13.1 Å². The third kappa shape index (κ3) is 2.32. The van der Waals surface area contributed by atoms with E-state index in [2.05, 4.69) is 5.10 Å². The van der Waals surface area contributed by atoms with Gasteiger partial charge in [-0.3, -0.25) is 4.68 Å². The number of nitrogens with zero attached hydrogens (tertiary/aromatic N) is 3. The quantitative estimate of drug-likeness (QED) is 0.872. The molecule has 0 unspecified atom stereocenters. The zero-order chi connectivity index (χ0) is 12.3. The van der Waals surface area contributed by atoms with Crippen molar-refractivity contribution >= 4 is 0 Å². The van der Waals surface area contributed by atoms with Gasteiger partial charge in [0.25, 0.3) is 0 Å². The largest absolute Gasteiger partial charge is 0.326 e. The smallest absolute Gasteiger partial charge is 0.131 e. The molecule has 1 aromatic carbocycles. The minimum absolute atomic E-state index is 0.155. The molecule has 2 N–H and O–H groups in total. The fourth-order valence-electron chi connectivity index (χ4n) is 1.58. The molecule has 86 valence electrons. The summed E-state index contributed by atoms with van der Waals surface area (Å²) in [6, 6.07) is 6.84. The van der Waals surface area contributed by atoms with Crippen molar-refractivity contribution in [3.63, 3.8) is 0 Å². The average molecular weight is 230 g/mol. The Morgan fingerprint density at radius 3 is 2.94 bits per heavy atom. The van der Waals surface area contributed by atoms with Crippen molar-refractivity contribution in [3.05, 3.63) is 42.0 Å². The van der Waals surface area contributed by atoms with Gasteiger partial charge in [0.1, 0.15) is 12.4 Å². The van der Waals surface area contributed by atoms with Crippen LogP contribution in [-0.4, -0.2) is 9.78 Å². The molecular formula is C12H11FN4. The first-order chi connectivity index (χ1) is 8.24. The fourth-order valence-corrected chi connectivity index (χ4v) is 1.58. The highest BCUT2D eigenvalue weighted by Gasteiger charge is 2.08. The van der Waals surface area contributed by atoms with Gasteiger partial charge in [-0.05, 0) is 11.6 Å². The number of rotatable bonds is 3. The van der Waals surface area contributed by atoms with Gasteiger partial charge < -0.3 is 5.73 Å². The Hall–Kier alpha value is -2.19. The Morgan fingerprint density at radius 2 is 2.29 bits per heavy atom. The van der Waals surface area contributed by atoms with E-state index in [1.54, 1.807) is 18.3 Å². The van der Waals surface area contributed by atoms with E-state index in [-0.39, 0.29) is 12.4 Å². The predicted molar refractivity (Wildman–Crippen MR) is 61.1 cm³/mol. The Morgan fingerprint density at radius 1 is 1.47 bits per heavy atom. The van der Waals surface area contributed by atoms with Gasteiger partial charge in [-0.1, -0.05) is 12.1 Å². The predicted octanol–water partition coefficient (Wildman–Crippen LogP) is 1.67. The van der Waals surface area contributed by atoms with E-state index < -0.39 is 0 Å². The third-order valence-corrected chi connectivity index (χ3v) is 2.45. The summed E-state index contributed by atoms with van der Waals surface area (Å²) in [7, 11) is 0. The van der Waals surface area contributed by atoms with Crippen molar-refractivity contribution in [2.24, 2.45) is 5.73 Å². The molecule has 0 spiro atoms. The van der Waals surface area contributed by atoms with Crippen molar-refractivity contribution in [1.82, 2.24) is 9.78 Å². The van der Waals surface area contributed by atoms with E-state index in [1.807, 2.05) is 6.07 Å². The maximum absolute atomic E-state index is 13.8. The molecule has 0 aliphatic carbocycles. The molecule has 0 atom stereocenters. The molecule has 0 aliphatic heterocycles. The van der Waals surface area contributed by atoms with Gasteiger partial charge >= 0.3 is 0 Å². The van der Waals surface area contributed by atoms with E-state index in [1.165, 1.54) is 16.9 Å². The molecule has 0 saturated carbocycles. The van der Waals surface area contributed by atoms with Crippen molar-refractivity contribution in [2.75, 3.05) is 0 Å². The van der Waals surface area contributed by atoms with Crippen LogP contribution in [0.25, 0.3) is 11.1 Å². The maximum Gasteiger partial charge on any atom is 0.131 e. The van der Waals surface area contributed by atoms with Gasteiger partial charge in [-0.2, -0.15) is 10.4 Å². The number of hydrogen-bond acceptors (Lipinski definition) is 3. The van der Waals surface area contributed by atoms with Gasteiger partial charge in [0.15, 0.2) is 0 Å². The van der Waals surface area contributed by atoms with Crippen LogP contribution in [0.1, 0.15) is 5.56 Å². The minimum Gasteiger partial charge on any atom is -0.326 e. The van der Waals surface area contributed by atoms with Crippen LogP contribution < -0.4 is 5.73 Å². The molecule has 2 aromatic rings. The van der Waals surface area contributed by atoms with E-state index >= 15 is 0 Å². The molecule has 0 fully saturated rings. The Bertz CT molecular complexity index is 568. The van der Waals surface area contributed by atoms with Crippen LogP contribution in [0.3, 0.4) is 0 Å². The third-order valence-electron chi connectivity index (χ3n) is 2.45. The summed E-state index contributed by atoms with van der Waals surface area (Å²) in [6.07, 6.45) is 3.18. The van der Waals surface area contributed by atoms with Crippen LogP contribution in [-0.2, 0) is 13.1 Å². The first kappa shape index (κ1) is 11.3. The van der Waals surface area contributed by atoms with E-state index in [0.29, 0.717) is 17.7 Å². The zero-order valence-corrected chi connectivity index (χ0v) is 9.10. The zero-order valence-electron chi connectivity index (χ0n) is 9.10. The first-order valence-electron chi connectivity index (χ1n) is 5.13.